The summed E-state index contributed by atoms with van der Waals surface area (Å²) >= 11 is 23.3. The molecule has 0 bridgehead atoms. The number of alkyl carbamates (subject to hydrolysis) is 2. The van der Waals surface area contributed by atoms with Crippen molar-refractivity contribution in [3.8, 4) is 0 Å². The van der Waals surface area contributed by atoms with Crippen molar-refractivity contribution in [2.24, 2.45) is 23.7 Å². The van der Waals surface area contributed by atoms with Crippen LogP contribution in [0.25, 0.3) is 22.1 Å². The number of aromatic nitrogens is 4. The van der Waals surface area contributed by atoms with Crippen LogP contribution in [0.15, 0.2) is 149 Å². The van der Waals surface area contributed by atoms with E-state index in [1.54, 1.807) is 30.5 Å². The molecule has 9 aromatic rings. The Morgan fingerprint density at radius 2 is 0.893 bits per heavy atom. The molecule has 0 radical (unpaired) electrons. The van der Waals surface area contributed by atoms with Gasteiger partial charge in [-0.15, -0.1) is 10.1 Å². The summed E-state index contributed by atoms with van der Waals surface area (Å²) in [5.74, 6) is -1.72. The van der Waals surface area contributed by atoms with Crippen molar-refractivity contribution < 1.29 is 111 Å². The van der Waals surface area contributed by atoms with E-state index in [1.807, 2.05) is 41.5 Å². The Morgan fingerprint density at radius 1 is 0.504 bits per heavy atom. The Balaban J connectivity index is 0. The number of carbonyl (C=O) groups is 7. The predicted octanol–water partition coefficient (Wildman–Crippen LogP) is 21.0. The number of nitro groups is 2. The number of carbonyl (C=O) groups excluding carboxylic acids is 7. The van der Waals surface area contributed by atoms with E-state index in [2.05, 4.69) is 159 Å². The monoisotopic (exact) mass is 2290 g/mol. The molecular weight excluding hydrogens is 2190 g/mol. The number of nitro benzene ring substituents is 2. The van der Waals surface area contributed by atoms with Crippen molar-refractivity contribution in [2.75, 3.05) is 64.6 Å². The normalized spacial score (nSPS) is 14.6. The number of ether oxygens (including phenoxy) is 2. The summed E-state index contributed by atoms with van der Waals surface area (Å²) in [7, 11) is 0. The molecule has 4 heterocycles. The van der Waals surface area contributed by atoms with E-state index in [4.69, 9.17) is 57.3 Å². The molecule has 2 saturated heterocycles. The zero-order valence-electron chi connectivity index (χ0n) is 69.3. The van der Waals surface area contributed by atoms with Gasteiger partial charge in [0.15, 0.2) is 24.2 Å². The summed E-state index contributed by atoms with van der Waals surface area (Å²) < 4.78 is 105. The molecule has 13 rings (SSSR count). The number of aldehydes is 2. The van der Waals surface area contributed by atoms with E-state index in [0.717, 1.165) is 71.1 Å². The van der Waals surface area contributed by atoms with Crippen LogP contribution in [-0.4, -0.2) is 131 Å². The van der Waals surface area contributed by atoms with Crippen LogP contribution in [0.2, 0.25) is 0 Å². The number of nitrogens with two attached hydrogens (primary N) is 4. The Hall–Kier alpha value is -10.1. The number of nitrogens with one attached hydrogen (secondary N) is 5. The van der Waals surface area contributed by atoms with Crippen molar-refractivity contribution in [1.82, 2.24) is 35.9 Å². The number of nitrogen functional groups attached to an aromatic ring is 4. The van der Waals surface area contributed by atoms with E-state index in [1.165, 1.54) is 126 Å². The number of halogens is 14. The SMILES string of the molecule is C.C.C.CC(=O)Cl.CC(=O)Nc1c(Br)ccc(F)c1[N+](=O)[O-].CC(=O)Nc1cc(F)ccc1Br.CC(C)(C)OC(=O)NC1CC(C2CC2)CN(c2ccc(F)c3nccnc23)C1.CC(C)(C)OC(=O)NC1CNCC(C2CC2)C1.Fc1ccc(Br)c2nccnc12.Nc1c(Br)ccc(F)c1[N+](=O)[O-].Nc1c(F)ccc(Br)c1N.Nc1cc(F)ccc1Br.O=CC=O.O=[N+]([O-])O.[Fe]. The number of hydrogen-bond donors (Lipinski definition) is 10. The average molecular weight is 2300 g/mol. The standard InChI is InChI=1S/C21H27FN4O2.C13H24N2O2.C8H6BrFN2O3.C8H4BrFN2.C8H7BrFNO.C6H4BrFN2O2.C6H6BrFN2.C6H5BrFN.C2H3ClO.C2H2O2.3CH4.Fe.HNO3/c1-21(2,3)28-20(27)25-15-10-14(13-4-5-13)11-26(12-15)17-7-6-16(22)18-19(17)24-9-8-23-18;1-13(2,3)17-12(16)15-11-6-10(7-14-8-11)9-4-5-9;1-4(13)11-7-5(9)2-3-6(10)8(7)12(14)15;9-5-1-2-6(10)8-7(5)11-3-4-12-8;1-5(12)11-8-4-6(10)2-3-7(8)9;7-3-1-2-4(8)6(5(3)9)10(11)12;7-3-1-2-4(8)6(10)5(3)9;7-5-2-1-4(8)3-6(5)9;1-2(3)4;3-1-2-4;;;;;2-1(3)4/h6-9,13-15H,4-5,10-12H2,1-3H3,(H,25,27);9-11,14H,4-8H2,1-3H3,(H,15,16);2-3H,1H3,(H,11,13);1-4H;2-4H,1H3,(H,11,12);1-2H,9H2;1-2H,9-10H2;1-3H,9H2;1H3;1-2H;3*1H4;;(H,2,3,4). The van der Waals surface area contributed by atoms with Crippen molar-refractivity contribution in [3.05, 3.63) is 220 Å². The fourth-order valence-corrected chi connectivity index (χ4v) is 13.3. The first-order valence-electron chi connectivity index (χ1n) is 37.3. The quantitative estimate of drug-likeness (QED) is 0.00888. The second-order valence-electron chi connectivity index (χ2n) is 29.1. The molecule has 720 valence electrons. The van der Waals surface area contributed by atoms with E-state index in [9.17, 15) is 74.9 Å². The zero-order valence-corrected chi connectivity index (χ0v) is 80.7. The van der Waals surface area contributed by atoms with Crippen LogP contribution in [0.3, 0.4) is 0 Å². The van der Waals surface area contributed by atoms with Crippen LogP contribution in [0, 0.1) is 94.7 Å². The fraction of sp³-hybridized carbons (Fsp3) is 0.361. The molecule has 4 unspecified atom stereocenters. The topological polar surface area (TPSA) is 507 Å². The van der Waals surface area contributed by atoms with Gasteiger partial charge in [-0.1, -0.05) is 22.3 Å². The van der Waals surface area contributed by atoms with Gasteiger partial charge in [-0.05, 0) is 315 Å². The average Bonchev–Trinajstić information content (AvgIpc) is 1.77. The van der Waals surface area contributed by atoms with Crippen molar-refractivity contribution >= 4 is 222 Å². The van der Waals surface area contributed by atoms with E-state index in [-0.39, 0.29) is 137 Å². The summed E-state index contributed by atoms with van der Waals surface area (Å²) in [4.78, 5) is 118. The minimum atomic E-state index is -1.50. The second kappa shape index (κ2) is 60.1. The van der Waals surface area contributed by atoms with Crippen LogP contribution >= 0.6 is 107 Å². The number of benzene rings is 7. The summed E-state index contributed by atoms with van der Waals surface area (Å²) in [6.45, 7) is 18.6. The van der Waals surface area contributed by atoms with Crippen molar-refractivity contribution in [1.29, 1.82) is 0 Å². The minimum absolute atomic E-state index is 0. The van der Waals surface area contributed by atoms with Gasteiger partial charge in [-0.25, -0.2) is 41.5 Å². The minimum Gasteiger partial charge on any atom is -0.444 e. The van der Waals surface area contributed by atoms with Crippen molar-refractivity contribution in [2.45, 2.75) is 146 Å². The van der Waals surface area contributed by atoms with Crippen LogP contribution < -0.4 is 54.4 Å². The molecule has 4 amide bonds. The van der Waals surface area contributed by atoms with Crippen LogP contribution in [0.4, 0.5) is 91.5 Å². The first kappa shape index (κ1) is 123. The summed E-state index contributed by atoms with van der Waals surface area (Å²) in [6, 6.07) is 22.0. The zero-order chi connectivity index (χ0) is 96.1. The molecule has 0 spiro atoms. The fourth-order valence-electron chi connectivity index (χ4n) is 11.2. The Kier molecular flexibility index (Phi) is 56.4. The summed E-state index contributed by atoms with van der Waals surface area (Å²) in [6.07, 6.45) is 13.0. The maximum atomic E-state index is 14.2. The Morgan fingerprint density at radius 3 is 1.33 bits per heavy atom. The van der Waals surface area contributed by atoms with Gasteiger partial charge in [0.05, 0.1) is 38.6 Å². The molecule has 2 aliphatic heterocycles. The smallest absolute Gasteiger partial charge is 0.407 e. The number of fused-ring (bicyclic) bond motifs is 2. The molecular formula is C83H101Br6ClF7FeN17O16. The van der Waals surface area contributed by atoms with Gasteiger partial charge in [0.25, 0.3) is 5.09 Å². The largest absolute Gasteiger partial charge is 0.444 e. The number of nitrogens with zero attached hydrogens (tertiary/aromatic N) is 8. The third-order valence-electron chi connectivity index (χ3n) is 16.6. The van der Waals surface area contributed by atoms with Gasteiger partial charge in [-0.3, -0.25) is 54.2 Å². The number of hydrogen-bond acceptors (Lipinski definition) is 25. The molecule has 33 nitrogen and oxygen atoms in total. The van der Waals surface area contributed by atoms with Gasteiger partial charge in [0.1, 0.15) is 62.1 Å². The molecule has 2 aromatic heterocycles. The Labute approximate surface area is 817 Å². The van der Waals surface area contributed by atoms with E-state index < -0.39 is 67.0 Å². The summed E-state index contributed by atoms with van der Waals surface area (Å²) in [5, 5.41) is 48.2. The third-order valence-corrected chi connectivity index (χ3v) is 20.7. The van der Waals surface area contributed by atoms with E-state index in [0.29, 0.717) is 59.7 Å². The predicted molar refractivity (Wildman–Crippen MR) is 507 cm³/mol. The van der Waals surface area contributed by atoms with Gasteiger partial charge < -0.3 is 69.1 Å². The molecule has 2 saturated carbocycles. The number of amides is 4. The first-order valence-corrected chi connectivity index (χ1v) is 42.4. The van der Waals surface area contributed by atoms with Gasteiger partial charge in [0, 0.05) is 121 Å². The molecule has 131 heavy (non-hydrogen) atoms. The molecule has 4 aliphatic rings. The maximum absolute atomic E-state index is 14.2. The number of anilines is 7. The van der Waals surface area contributed by atoms with Crippen LogP contribution in [-0.2, 0) is 50.5 Å². The molecule has 2 aliphatic carbocycles. The first-order chi connectivity index (χ1) is 59.3. The van der Waals surface area contributed by atoms with Gasteiger partial charge in [0.2, 0.25) is 28.7 Å². The van der Waals surface area contributed by atoms with Crippen LogP contribution in [0.5, 0.6) is 0 Å². The second-order valence-corrected chi connectivity index (χ2v) is 34.7. The van der Waals surface area contributed by atoms with Gasteiger partial charge in [-0.2, -0.15) is 8.78 Å². The Bertz CT molecular complexity index is 5230. The van der Waals surface area contributed by atoms with Crippen LogP contribution in [0.1, 0.15) is 123 Å². The van der Waals surface area contributed by atoms with Crippen molar-refractivity contribution in [3.63, 3.8) is 0 Å². The summed E-state index contributed by atoms with van der Waals surface area (Å²) in [5.41, 5.74) is 22.1. The van der Waals surface area contributed by atoms with E-state index >= 15 is 0 Å². The molecule has 14 N–H and O–H groups in total. The molecule has 7 aromatic carbocycles. The van der Waals surface area contributed by atoms with Gasteiger partial charge >= 0.3 is 23.6 Å². The maximum Gasteiger partial charge on any atom is 0.407 e. The molecule has 4 atom stereocenters. The molecule has 4 fully saturated rings. The number of rotatable bonds is 10. The third kappa shape index (κ3) is 46.2. The molecule has 48 heteroatoms. The number of piperidine rings is 2.